The lowest BCUT2D eigenvalue weighted by atomic mass is 10.2. The predicted octanol–water partition coefficient (Wildman–Crippen LogP) is 1.41. The summed E-state index contributed by atoms with van der Waals surface area (Å²) < 4.78 is 14.3. The minimum absolute atomic E-state index is 0.0819. The van der Waals surface area contributed by atoms with Gasteiger partial charge >= 0.3 is 17.6 Å². The minimum atomic E-state index is -0.857. The number of hydrogen-bond acceptors (Lipinski definition) is 8. The molecular weight excluding hydrogens is 368 g/mol. The molecule has 146 valence electrons. The van der Waals surface area contributed by atoms with Crippen LogP contribution in [0.5, 0.6) is 0 Å². The molecule has 28 heavy (non-hydrogen) atoms. The lowest BCUT2D eigenvalue weighted by molar-refractivity contribution is -0.139. The highest BCUT2D eigenvalue weighted by Crippen LogP contribution is 2.15. The van der Waals surface area contributed by atoms with Gasteiger partial charge in [0.1, 0.15) is 23.6 Å². The summed E-state index contributed by atoms with van der Waals surface area (Å²) in [6, 6.07) is 9.40. The Morgan fingerprint density at radius 2 is 1.82 bits per heavy atom. The van der Waals surface area contributed by atoms with Gasteiger partial charge in [0.05, 0.1) is 14.2 Å². The van der Waals surface area contributed by atoms with Crippen LogP contribution in [0.3, 0.4) is 0 Å². The molecule has 2 aromatic rings. The summed E-state index contributed by atoms with van der Waals surface area (Å²) in [6.07, 6.45) is 2.59. The second-order valence-corrected chi connectivity index (χ2v) is 5.33. The van der Waals surface area contributed by atoms with Crippen molar-refractivity contribution in [2.24, 2.45) is 0 Å². The molecule has 1 aromatic carbocycles. The first kappa shape index (κ1) is 20.4. The summed E-state index contributed by atoms with van der Waals surface area (Å²) in [4.78, 5) is 47.5. The van der Waals surface area contributed by atoms with E-state index in [9.17, 15) is 19.2 Å². The predicted molar refractivity (Wildman–Crippen MR) is 99.8 cm³/mol. The maximum atomic E-state index is 12.2. The van der Waals surface area contributed by atoms with Crippen molar-refractivity contribution in [1.29, 1.82) is 0 Å². The SMILES string of the molecule is COC(=O)CN/C=C/c1oc(=O)c(NC(=O)c2ccccc2)cc1C(=O)OC. The van der Waals surface area contributed by atoms with E-state index in [0.717, 1.165) is 0 Å². The van der Waals surface area contributed by atoms with Gasteiger partial charge in [-0.1, -0.05) is 18.2 Å². The number of amides is 1. The fourth-order valence-electron chi connectivity index (χ4n) is 2.10. The fraction of sp³-hybridized carbons (Fsp3) is 0.158. The fourth-order valence-corrected chi connectivity index (χ4v) is 2.10. The second-order valence-electron chi connectivity index (χ2n) is 5.33. The van der Waals surface area contributed by atoms with Gasteiger partial charge in [-0.15, -0.1) is 0 Å². The molecule has 0 radical (unpaired) electrons. The van der Waals surface area contributed by atoms with Gasteiger partial charge in [0.2, 0.25) is 0 Å². The third-order valence-corrected chi connectivity index (χ3v) is 3.49. The molecule has 0 spiro atoms. The van der Waals surface area contributed by atoms with Gasteiger partial charge in [-0.3, -0.25) is 9.59 Å². The minimum Gasteiger partial charge on any atom is -0.468 e. The first-order valence-electron chi connectivity index (χ1n) is 8.06. The Labute approximate surface area is 159 Å². The van der Waals surface area contributed by atoms with Crippen molar-refractivity contribution >= 4 is 29.6 Å². The number of esters is 2. The number of carbonyl (C=O) groups excluding carboxylic acids is 3. The van der Waals surface area contributed by atoms with Gasteiger partial charge < -0.3 is 24.5 Å². The third kappa shape index (κ3) is 5.31. The largest absolute Gasteiger partial charge is 0.468 e. The Kier molecular flexibility index (Phi) is 7.09. The second kappa shape index (κ2) is 9.72. The molecule has 0 saturated heterocycles. The lowest BCUT2D eigenvalue weighted by Crippen LogP contribution is -2.20. The normalized spacial score (nSPS) is 10.4. The summed E-state index contributed by atoms with van der Waals surface area (Å²) in [5, 5.41) is 5.03. The zero-order chi connectivity index (χ0) is 20.5. The molecule has 1 amide bonds. The van der Waals surface area contributed by atoms with E-state index in [1.807, 2.05) is 0 Å². The van der Waals surface area contributed by atoms with Crippen LogP contribution in [0, 0.1) is 0 Å². The highest BCUT2D eigenvalue weighted by Gasteiger charge is 2.18. The molecule has 0 aliphatic carbocycles. The summed E-state index contributed by atoms with van der Waals surface area (Å²) in [7, 11) is 2.41. The first-order valence-corrected chi connectivity index (χ1v) is 8.06. The number of benzene rings is 1. The molecule has 1 heterocycles. The Balaban J connectivity index is 2.28. The molecule has 0 aliphatic rings. The van der Waals surface area contributed by atoms with Crippen LogP contribution in [0.25, 0.3) is 6.08 Å². The van der Waals surface area contributed by atoms with E-state index in [2.05, 4.69) is 20.1 Å². The molecule has 9 nitrogen and oxygen atoms in total. The highest BCUT2D eigenvalue weighted by molar-refractivity contribution is 6.04. The van der Waals surface area contributed by atoms with Gasteiger partial charge in [0.15, 0.2) is 0 Å². The highest BCUT2D eigenvalue weighted by atomic mass is 16.5. The number of carbonyl (C=O) groups is 3. The van der Waals surface area contributed by atoms with Gasteiger partial charge in [0.25, 0.3) is 5.91 Å². The molecule has 0 fully saturated rings. The van der Waals surface area contributed by atoms with Gasteiger partial charge in [-0.2, -0.15) is 0 Å². The summed E-state index contributed by atoms with van der Waals surface area (Å²) in [5.41, 5.74) is -0.822. The van der Waals surface area contributed by atoms with E-state index in [1.54, 1.807) is 30.3 Å². The van der Waals surface area contributed by atoms with Crippen LogP contribution in [-0.2, 0) is 14.3 Å². The molecule has 2 N–H and O–H groups in total. The van der Waals surface area contributed by atoms with Gasteiger partial charge in [0, 0.05) is 11.8 Å². The summed E-state index contributed by atoms with van der Waals surface area (Å²) in [6.45, 7) is -0.115. The number of anilines is 1. The van der Waals surface area contributed by atoms with Gasteiger partial charge in [-0.25, -0.2) is 9.59 Å². The average molecular weight is 386 g/mol. The Morgan fingerprint density at radius 1 is 1.11 bits per heavy atom. The van der Waals surface area contributed by atoms with Gasteiger partial charge in [-0.05, 0) is 24.3 Å². The number of nitrogens with one attached hydrogen (secondary N) is 2. The summed E-state index contributed by atoms with van der Waals surface area (Å²) >= 11 is 0. The van der Waals surface area contributed by atoms with Crippen LogP contribution in [-0.4, -0.2) is 38.6 Å². The molecule has 0 saturated carbocycles. The van der Waals surface area contributed by atoms with Crippen LogP contribution in [0.2, 0.25) is 0 Å². The Morgan fingerprint density at radius 3 is 2.46 bits per heavy atom. The number of rotatable bonds is 7. The van der Waals surface area contributed by atoms with E-state index in [1.165, 1.54) is 32.6 Å². The lowest BCUT2D eigenvalue weighted by Gasteiger charge is -2.08. The topological polar surface area (TPSA) is 124 Å². The van der Waals surface area contributed by atoms with E-state index in [4.69, 9.17) is 4.42 Å². The van der Waals surface area contributed by atoms with Crippen molar-refractivity contribution < 1.29 is 28.3 Å². The third-order valence-electron chi connectivity index (χ3n) is 3.49. The monoisotopic (exact) mass is 386 g/mol. The van der Waals surface area contributed by atoms with E-state index < -0.39 is 23.5 Å². The molecule has 9 heteroatoms. The quantitative estimate of drug-likeness (QED) is 0.685. The standard InChI is InChI=1S/C19H18N2O7/c1-26-16(22)11-20-9-8-15-13(18(24)27-2)10-14(19(25)28-15)21-17(23)12-6-4-3-5-7-12/h3-10,20H,11H2,1-2H3,(H,21,23)/b9-8+. The Bertz CT molecular complexity index is 948. The molecule has 0 bridgehead atoms. The van der Waals surface area contributed by atoms with Crippen molar-refractivity contribution in [3.63, 3.8) is 0 Å². The first-order chi connectivity index (χ1) is 13.5. The number of ether oxygens (including phenoxy) is 2. The maximum Gasteiger partial charge on any atom is 0.360 e. The van der Waals surface area contributed by atoms with Crippen molar-refractivity contribution in [2.75, 3.05) is 26.1 Å². The maximum absolute atomic E-state index is 12.2. The zero-order valence-corrected chi connectivity index (χ0v) is 15.2. The van der Waals surface area contributed by atoms with E-state index >= 15 is 0 Å². The van der Waals surface area contributed by atoms with Crippen LogP contribution in [0.4, 0.5) is 5.69 Å². The molecular formula is C19H18N2O7. The van der Waals surface area contributed by atoms with Crippen molar-refractivity contribution in [2.45, 2.75) is 0 Å². The van der Waals surface area contributed by atoms with E-state index in [0.29, 0.717) is 5.56 Å². The molecule has 0 unspecified atom stereocenters. The van der Waals surface area contributed by atoms with Crippen molar-refractivity contribution in [3.05, 3.63) is 69.9 Å². The smallest absolute Gasteiger partial charge is 0.360 e. The molecule has 1 aromatic heterocycles. The van der Waals surface area contributed by atoms with Crippen LogP contribution in [0.1, 0.15) is 26.5 Å². The van der Waals surface area contributed by atoms with Crippen molar-refractivity contribution in [1.82, 2.24) is 5.32 Å². The van der Waals surface area contributed by atoms with Crippen LogP contribution < -0.4 is 16.3 Å². The zero-order valence-electron chi connectivity index (χ0n) is 15.2. The Hall–Kier alpha value is -3.88. The number of methoxy groups -OCH3 is 2. The molecule has 2 rings (SSSR count). The van der Waals surface area contributed by atoms with Crippen LogP contribution in [0.15, 0.2) is 51.8 Å². The van der Waals surface area contributed by atoms with Crippen LogP contribution >= 0.6 is 0 Å². The average Bonchev–Trinajstić information content (AvgIpc) is 2.72. The molecule has 0 aliphatic heterocycles. The molecule has 0 atom stereocenters. The van der Waals surface area contributed by atoms with Crippen molar-refractivity contribution in [3.8, 4) is 0 Å². The van der Waals surface area contributed by atoms with E-state index in [-0.39, 0.29) is 23.6 Å². The summed E-state index contributed by atoms with van der Waals surface area (Å²) in [5.74, 6) is -1.91. The number of hydrogen-bond donors (Lipinski definition) is 2.